The molecular formula is C55H65F2N9O7. The number of carbonyl (C=O) groups excluding carboxylic acids is 2. The Kier molecular flexibility index (Phi) is 13.2. The first-order chi connectivity index (χ1) is 35.2. The number of imidazole rings is 1. The third-order valence-electron chi connectivity index (χ3n) is 16.5. The molecule has 0 bridgehead atoms. The highest BCUT2D eigenvalue weighted by Crippen LogP contribution is 2.44. The Hall–Kier alpha value is -6.08. The van der Waals surface area contributed by atoms with E-state index < -0.39 is 29.2 Å². The van der Waals surface area contributed by atoms with E-state index in [1.165, 1.54) is 22.9 Å². The van der Waals surface area contributed by atoms with Gasteiger partial charge in [0.15, 0.2) is 5.82 Å². The third kappa shape index (κ3) is 9.33. The van der Waals surface area contributed by atoms with Crippen molar-refractivity contribution < 1.29 is 38.1 Å². The lowest BCUT2D eigenvalue weighted by Crippen LogP contribution is -2.51. The first kappa shape index (κ1) is 49.1. The fourth-order valence-corrected chi connectivity index (χ4v) is 12.8. The molecule has 16 nitrogen and oxygen atoms in total. The third-order valence-corrected chi connectivity index (χ3v) is 16.5. The highest BCUT2D eigenvalue weighted by atomic mass is 19.1. The number of pyridine rings is 1. The number of aliphatic hydroxyl groups is 1. The normalized spacial score (nSPS) is 24.3. The van der Waals surface area contributed by atoms with Crippen molar-refractivity contribution in [3.63, 3.8) is 0 Å². The van der Waals surface area contributed by atoms with Gasteiger partial charge in [-0.05, 0) is 143 Å². The smallest absolute Gasteiger partial charge is 0.329 e. The molecule has 73 heavy (non-hydrogen) atoms. The van der Waals surface area contributed by atoms with Crippen LogP contribution >= 0.6 is 0 Å². The summed E-state index contributed by atoms with van der Waals surface area (Å²) >= 11 is 0. The number of nitrogens with one attached hydrogen (secondary N) is 1. The Morgan fingerprint density at radius 1 is 0.932 bits per heavy atom. The number of aromatic nitrogens is 5. The zero-order valence-electron chi connectivity index (χ0n) is 42.0. The fraction of sp³-hybridized carbons (Fsp3) is 0.527. The number of hydrogen-bond acceptors (Lipinski definition) is 13. The molecule has 0 spiro atoms. The van der Waals surface area contributed by atoms with Crippen LogP contribution in [0.25, 0.3) is 44.0 Å². The van der Waals surface area contributed by atoms with Crippen molar-refractivity contribution in [1.29, 1.82) is 0 Å². The molecule has 386 valence electrons. The lowest BCUT2D eigenvalue weighted by molar-refractivity contribution is -0.135. The summed E-state index contributed by atoms with van der Waals surface area (Å²) < 4.78 is 48.6. The van der Waals surface area contributed by atoms with Crippen molar-refractivity contribution in [3.8, 4) is 23.0 Å². The number of halogens is 2. The lowest BCUT2D eigenvalue weighted by atomic mass is 9.94. The number of amides is 2. The Morgan fingerprint density at radius 2 is 1.75 bits per heavy atom. The Morgan fingerprint density at radius 3 is 2.55 bits per heavy atom. The van der Waals surface area contributed by atoms with Gasteiger partial charge in [0.1, 0.15) is 41.2 Å². The molecule has 8 heterocycles. The number of ether oxygens (including phenoxy) is 2. The quantitative estimate of drug-likeness (QED) is 0.0762. The standard InChI is InChI=1S/C55H65F2N9O7/c1-4-38-41(56)11-10-34-27-36(67)28-39(46(34)38)48-47(57)49-40(29-58-48)50(64-21-6-18-54(2,71)31-64)61-52(60-49)73-32-55-19-7-22-65(55)35(15-20-55)30-63-23-16-37(17-24-63)72-25-5-8-33-9-12-42-44(26-33)62(3)53(70)66(42)43-13-14-45(68)59-51(43)69/h9-12,26-29,35,37,43,67,71H,4-8,13-25,30-32H2,1-3H3,(H,59,68,69)/t35?,43?,54-,55+/m1/s1. The molecule has 5 saturated heterocycles. The van der Waals surface area contributed by atoms with E-state index in [0.29, 0.717) is 84.5 Å². The average Bonchev–Trinajstić information content (AvgIpc) is 4.02. The second-order valence-corrected chi connectivity index (χ2v) is 21.5. The molecule has 4 atom stereocenters. The minimum absolute atomic E-state index is 0.00561. The molecule has 3 aromatic heterocycles. The van der Waals surface area contributed by atoms with Crippen molar-refractivity contribution >= 4 is 50.3 Å². The maximum absolute atomic E-state index is 17.3. The average molecular weight is 1000 g/mol. The van der Waals surface area contributed by atoms with Gasteiger partial charge in [-0.25, -0.2) is 13.6 Å². The molecule has 5 aliphatic heterocycles. The van der Waals surface area contributed by atoms with Gasteiger partial charge in [-0.1, -0.05) is 19.1 Å². The molecule has 3 N–H and O–H groups in total. The Labute approximate surface area is 422 Å². The Balaban J connectivity index is 0.734. The summed E-state index contributed by atoms with van der Waals surface area (Å²) in [5.41, 5.74) is 1.69. The van der Waals surface area contributed by atoms with E-state index in [1.54, 1.807) is 30.7 Å². The number of hydrogen-bond donors (Lipinski definition) is 3. The zero-order valence-corrected chi connectivity index (χ0v) is 42.0. The van der Waals surface area contributed by atoms with Gasteiger partial charge in [-0.2, -0.15) is 9.97 Å². The highest BCUT2D eigenvalue weighted by molar-refractivity contribution is 6.02. The summed E-state index contributed by atoms with van der Waals surface area (Å²) in [5, 5.41) is 25.7. The first-order valence-electron chi connectivity index (χ1n) is 26.2. The van der Waals surface area contributed by atoms with E-state index in [2.05, 4.69) is 20.1 Å². The van der Waals surface area contributed by atoms with Crippen molar-refractivity contribution in [3.05, 3.63) is 81.9 Å². The number of aryl methyl sites for hydroxylation is 3. The molecule has 5 aliphatic rings. The molecule has 2 amide bonds. The zero-order chi connectivity index (χ0) is 50.8. The Bertz CT molecular complexity index is 3190. The van der Waals surface area contributed by atoms with Crippen LogP contribution in [0.1, 0.15) is 102 Å². The number of phenolic OH excluding ortho intramolecular Hbond substituents is 1. The number of likely N-dealkylation sites (tertiary alicyclic amines) is 1. The number of imide groups is 1. The summed E-state index contributed by atoms with van der Waals surface area (Å²) in [6, 6.07) is 11.5. The van der Waals surface area contributed by atoms with Crippen LogP contribution in [0, 0.1) is 11.6 Å². The van der Waals surface area contributed by atoms with Gasteiger partial charge in [-0.15, -0.1) is 0 Å². The lowest BCUT2D eigenvalue weighted by Gasteiger charge is -2.39. The van der Waals surface area contributed by atoms with E-state index in [4.69, 9.17) is 19.4 Å². The SMILES string of the molecule is CCc1c(F)ccc2cc(O)cc(-c3ncc4c(N5CCC[C@@](C)(O)C5)nc(OC[C@@]56CCCN5C(CN5CCC(OCCCc7ccc8c(c7)n(C)c(=O)n8C7CCC(=O)NC7=O)CC5)CC6)nc4c3F)c12. The predicted octanol–water partition coefficient (Wildman–Crippen LogP) is 6.86. The van der Waals surface area contributed by atoms with Gasteiger partial charge < -0.3 is 29.5 Å². The van der Waals surface area contributed by atoms with Crippen molar-refractivity contribution in [2.75, 3.05) is 57.4 Å². The van der Waals surface area contributed by atoms with Gasteiger partial charge in [-0.3, -0.25) is 33.9 Å². The first-order valence-corrected chi connectivity index (χ1v) is 26.2. The van der Waals surface area contributed by atoms with Crippen molar-refractivity contribution in [2.45, 2.75) is 127 Å². The number of rotatable bonds is 14. The van der Waals surface area contributed by atoms with Gasteiger partial charge in [0, 0.05) is 70.6 Å². The topological polar surface area (TPSA) is 180 Å². The molecule has 0 saturated carbocycles. The maximum Gasteiger partial charge on any atom is 0.329 e. The van der Waals surface area contributed by atoms with Gasteiger partial charge in [0.05, 0.1) is 33.7 Å². The van der Waals surface area contributed by atoms with Crippen LogP contribution in [-0.2, 0) is 34.2 Å². The number of phenols is 1. The number of β-amino-alcohol motifs (C(OH)–C–C–N with tert-alkyl or cyclic N) is 1. The number of nitrogens with zero attached hydrogens (tertiary/aromatic N) is 8. The van der Waals surface area contributed by atoms with E-state index in [0.717, 1.165) is 88.6 Å². The van der Waals surface area contributed by atoms with Crippen LogP contribution in [0.15, 0.2) is 53.5 Å². The number of anilines is 1. The molecule has 18 heteroatoms. The number of aromatic hydroxyl groups is 1. The molecule has 6 aromatic rings. The second-order valence-electron chi connectivity index (χ2n) is 21.5. The predicted molar refractivity (Wildman–Crippen MR) is 273 cm³/mol. The van der Waals surface area contributed by atoms with Gasteiger partial charge >= 0.3 is 11.7 Å². The van der Waals surface area contributed by atoms with Crippen LogP contribution in [-0.4, -0.2) is 132 Å². The van der Waals surface area contributed by atoms with Gasteiger partial charge in [0.2, 0.25) is 11.8 Å². The summed E-state index contributed by atoms with van der Waals surface area (Å²) in [6.45, 7) is 9.35. The number of benzene rings is 3. The summed E-state index contributed by atoms with van der Waals surface area (Å²) in [5.74, 6) is -1.55. The van der Waals surface area contributed by atoms with Crippen molar-refractivity contribution in [2.24, 2.45) is 7.05 Å². The van der Waals surface area contributed by atoms with Crippen LogP contribution in [0.3, 0.4) is 0 Å². The summed E-state index contributed by atoms with van der Waals surface area (Å²) in [4.78, 5) is 59.0. The number of fused-ring (bicyclic) bond motifs is 4. The number of piperidine rings is 3. The summed E-state index contributed by atoms with van der Waals surface area (Å²) in [6.07, 6.45) is 11.5. The van der Waals surface area contributed by atoms with Crippen LogP contribution < -0.4 is 20.6 Å². The second kappa shape index (κ2) is 19.6. The fourth-order valence-electron chi connectivity index (χ4n) is 12.8. The van der Waals surface area contributed by atoms with Crippen LogP contribution in [0.2, 0.25) is 0 Å². The minimum Gasteiger partial charge on any atom is -0.508 e. The highest BCUT2D eigenvalue weighted by Gasteiger charge is 2.50. The summed E-state index contributed by atoms with van der Waals surface area (Å²) in [7, 11) is 1.71. The number of carbonyl (C=O) groups is 2. The monoisotopic (exact) mass is 1000 g/mol. The molecule has 3 aromatic carbocycles. The minimum atomic E-state index is -0.977. The van der Waals surface area contributed by atoms with Gasteiger partial charge in [0.25, 0.3) is 0 Å². The molecule has 0 radical (unpaired) electrons. The van der Waals surface area contributed by atoms with Crippen molar-refractivity contribution in [1.82, 2.24) is 39.2 Å². The van der Waals surface area contributed by atoms with E-state index >= 15 is 8.78 Å². The molecule has 2 unspecified atom stereocenters. The molecule has 5 fully saturated rings. The maximum atomic E-state index is 17.3. The molecule has 0 aliphatic carbocycles. The molecular weight excluding hydrogens is 937 g/mol. The molecule has 11 rings (SSSR count). The largest absolute Gasteiger partial charge is 0.508 e. The van der Waals surface area contributed by atoms with E-state index in [-0.39, 0.29) is 64.7 Å². The van der Waals surface area contributed by atoms with E-state index in [1.807, 2.05) is 30.0 Å². The van der Waals surface area contributed by atoms with Crippen LogP contribution in [0.4, 0.5) is 14.6 Å². The van der Waals surface area contributed by atoms with Crippen LogP contribution in [0.5, 0.6) is 11.8 Å². The van der Waals surface area contributed by atoms with E-state index in [9.17, 15) is 24.6 Å².